The minimum Gasteiger partial charge on any atom is -0.377 e. The normalized spacial score (nSPS) is 36.4. The van der Waals surface area contributed by atoms with Crippen molar-refractivity contribution in [1.29, 1.82) is 0 Å². The van der Waals surface area contributed by atoms with E-state index in [4.69, 9.17) is 10.5 Å². The van der Waals surface area contributed by atoms with E-state index in [1.165, 1.54) is 0 Å². The summed E-state index contributed by atoms with van der Waals surface area (Å²) in [4.78, 5) is 14.7. The van der Waals surface area contributed by atoms with Crippen LogP contribution < -0.4 is 5.73 Å². The smallest absolute Gasteiger partial charge is 0.227 e. The summed E-state index contributed by atoms with van der Waals surface area (Å²) in [6.07, 6.45) is 3.06. The Labute approximate surface area is 110 Å². The third kappa shape index (κ3) is 2.69. The van der Waals surface area contributed by atoms with Crippen LogP contribution in [0.2, 0.25) is 0 Å². The molecule has 3 atom stereocenters. The summed E-state index contributed by atoms with van der Waals surface area (Å²) in [5.41, 5.74) is 5.96. The van der Waals surface area contributed by atoms with E-state index in [0.717, 1.165) is 19.3 Å². The van der Waals surface area contributed by atoms with Crippen LogP contribution in [-0.4, -0.2) is 42.1 Å². The van der Waals surface area contributed by atoms with Gasteiger partial charge in [0.05, 0.1) is 24.7 Å². The Morgan fingerprint density at radius 2 is 2.11 bits per heavy atom. The molecule has 104 valence electrons. The summed E-state index contributed by atoms with van der Waals surface area (Å²) in [5, 5.41) is 0. The molecule has 2 rings (SSSR count). The van der Waals surface area contributed by atoms with Crippen molar-refractivity contribution in [1.82, 2.24) is 4.90 Å². The van der Waals surface area contributed by atoms with E-state index in [0.29, 0.717) is 25.7 Å². The highest BCUT2D eigenvalue weighted by atomic mass is 16.5. The number of carbonyl (C=O) groups excluding carboxylic acids is 1. The highest BCUT2D eigenvalue weighted by Crippen LogP contribution is 2.31. The zero-order valence-electron chi connectivity index (χ0n) is 11.8. The molecule has 1 heterocycles. The molecule has 0 bridgehead atoms. The first-order valence-electron chi connectivity index (χ1n) is 7.06. The lowest BCUT2D eigenvalue weighted by Crippen LogP contribution is -2.59. The molecule has 4 heteroatoms. The minimum atomic E-state index is -0.199. The highest BCUT2D eigenvalue weighted by molar-refractivity contribution is 5.80. The van der Waals surface area contributed by atoms with Crippen molar-refractivity contribution in [3.63, 3.8) is 0 Å². The average Bonchev–Trinajstić information content (AvgIpc) is 2.31. The van der Waals surface area contributed by atoms with E-state index in [1.807, 2.05) is 4.90 Å². The Hall–Kier alpha value is -0.610. The van der Waals surface area contributed by atoms with Crippen molar-refractivity contribution in [3.8, 4) is 0 Å². The largest absolute Gasteiger partial charge is 0.377 e. The fourth-order valence-electron chi connectivity index (χ4n) is 3.16. The SMILES string of the molecule is CC1CCC(N)C(C(=O)N2CCOCC2(C)C)C1. The van der Waals surface area contributed by atoms with Gasteiger partial charge in [0, 0.05) is 12.6 Å². The van der Waals surface area contributed by atoms with E-state index >= 15 is 0 Å². The standard InChI is InChI=1S/C14H26N2O2/c1-10-4-5-12(15)11(8-10)13(17)16-6-7-18-9-14(16,2)3/h10-12H,4-9,15H2,1-3H3. The predicted octanol–water partition coefficient (Wildman–Crippen LogP) is 1.39. The zero-order valence-corrected chi connectivity index (χ0v) is 11.8. The van der Waals surface area contributed by atoms with Crippen LogP contribution in [0.5, 0.6) is 0 Å². The lowest BCUT2D eigenvalue weighted by atomic mass is 9.78. The number of nitrogens with two attached hydrogens (primary N) is 1. The van der Waals surface area contributed by atoms with Crippen LogP contribution in [0.25, 0.3) is 0 Å². The summed E-state index contributed by atoms with van der Waals surface area (Å²) in [6, 6.07) is 0.0346. The van der Waals surface area contributed by atoms with E-state index in [1.54, 1.807) is 0 Å². The topological polar surface area (TPSA) is 55.6 Å². The van der Waals surface area contributed by atoms with Crippen LogP contribution in [0, 0.1) is 11.8 Å². The van der Waals surface area contributed by atoms with Gasteiger partial charge < -0.3 is 15.4 Å². The Bertz CT molecular complexity index is 317. The van der Waals surface area contributed by atoms with Crippen LogP contribution in [0.4, 0.5) is 0 Å². The third-order valence-electron chi connectivity index (χ3n) is 4.39. The molecule has 18 heavy (non-hydrogen) atoms. The molecule has 2 aliphatic rings. The first-order valence-corrected chi connectivity index (χ1v) is 7.06. The van der Waals surface area contributed by atoms with Crippen LogP contribution in [0.15, 0.2) is 0 Å². The lowest BCUT2D eigenvalue weighted by Gasteiger charge is -2.45. The zero-order chi connectivity index (χ0) is 13.3. The monoisotopic (exact) mass is 254 g/mol. The molecule has 2 N–H and O–H groups in total. The minimum absolute atomic E-state index is 0.00567. The summed E-state index contributed by atoms with van der Waals surface area (Å²) in [6.45, 7) is 8.33. The molecule has 0 aromatic rings. The fourth-order valence-corrected chi connectivity index (χ4v) is 3.16. The van der Waals surface area contributed by atoms with Crippen molar-refractivity contribution in [2.75, 3.05) is 19.8 Å². The van der Waals surface area contributed by atoms with Gasteiger partial charge in [-0.3, -0.25) is 4.79 Å². The van der Waals surface area contributed by atoms with Gasteiger partial charge in [-0.2, -0.15) is 0 Å². The van der Waals surface area contributed by atoms with Crippen LogP contribution in [0.3, 0.4) is 0 Å². The Balaban J connectivity index is 2.09. The number of rotatable bonds is 1. The summed E-state index contributed by atoms with van der Waals surface area (Å²) >= 11 is 0. The predicted molar refractivity (Wildman–Crippen MR) is 71.1 cm³/mol. The Morgan fingerprint density at radius 3 is 2.78 bits per heavy atom. The number of amides is 1. The maximum absolute atomic E-state index is 12.7. The molecule has 1 aliphatic heterocycles. The van der Waals surface area contributed by atoms with Crippen LogP contribution in [-0.2, 0) is 9.53 Å². The Morgan fingerprint density at radius 1 is 1.39 bits per heavy atom. The molecular weight excluding hydrogens is 228 g/mol. The van der Waals surface area contributed by atoms with E-state index in [2.05, 4.69) is 20.8 Å². The first kappa shape index (κ1) is 13.8. The number of morpholine rings is 1. The van der Waals surface area contributed by atoms with Gasteiger partial charge in [-0.15, -0.1) is 0 Å². The van der Waals surface area contributed by atoms with Crippen LogP contribution in [0.1, 0.15) is 40.0 Å². The number of hydrogen-bond donors (Lipinski definition) is 1. The average molecular weight is 254 g/mol. The number of carbonyl (C=O) groups is 1. The van der Waals surface area contributed by atoms with E-state index in [9.17, 15) is 4.79 Å². The highest BCUT2D eigenvalue weighted by Gasteiger charge is 2.40. The van der Waals surface area contributed by atoms with E-state index < -0.39 is 0 Å². The van der Waals surface area contributed by atoms with Gasteiger partial charge in [-0.25, -0.2) is 0 Å². The molecule has 3 unspecified atom stereocenters. The molecule has 0 aromatic heterocycles. The van der Waals surface area contributed by atoms with Gasteiger partial charge in [0.25, 0.3) is 0 Å². The number of nitrogens with zero attached hydrogens (tertiary/aromatic N) is 1. The van der Waals surface area contributed by atoms with Gasteiger partial charge in [0.1, 0.15) is 0 Å². The van der Waals surface area contributed by atoms with Crippen LogP contribution >= 0.6 is 0 Å². The van der Waals surface area contributed by atoms with E-state index in [-0.39, 0.29) is 23.4 Å². The van der Waals surface area contributed by atoms with Gasteiger partial charge >= 0.3 is 0 Å². The quantitative estimate of drug-likeness (QED) is 0.769. The second-order valence-corrected chi connectivity index (χ2v) is 6.54. The van der Waals surface area contributed by atoms with Crippen molar-refractivity contribution in [2.45, 2.75) is 51.6 Å². The van der Waals surface area contributed by atoms with Gasteiger partial charge in [-0.1, -0.05) is 6.92 Å². The Kier molecular flexibility index (Phi) is 3.97. The molecule has 0 spiro atoms. The second-order valence-electron chi connectivity index (χ2n) is 6.54. The maximum atomic E-state index is 12.7. The molecule has 1 saturated heterocycles. The summed E-state index contributed by atoms with van der Waals surface area (Å²) < 4.78 is 5.48. The maximum Gasteiger partial charge on any atom is 0.227 e. The molecule has 4 nitrogen and oxygen atoms in total. The van der Waals surface area contributed by atoms with Crippen molar-refractivity contribution < 1.29 is 9.53 Å². The second kappa shape index (κ2) is 5.17. The molecule has 2 fully saturated rings. The van der Waals surface area contributed by atoms with Crippen molar-refractivity contribution in [3.05, 3.63) is 0 Å². The number of ether oxygens (including phenoxy) is 1. The van der Waals surface area contributed by atoms with Gasteiger partial charge in [0.15, 0.2) is 0 Å². The van der Waals surface area contributed by atoms with Crippen molar-refractivity contribution >= 4 is 5.91 Å². The summed E-state index contributed by atoms with van der Waals surface area (Å²) in [7, 11) is 0. The molecule has 1 saturated carbocycles. The lowest BCUT2D eigenvalue weighted by molar-refractivity contribution is -0.152. The van der Waals surface area contributed by atoms with Crippen molar-refractivity contribution in [2.24, 2.45) is 17.6 Å². The number of hydrogen-bond acceptors (Lipinski definition) is 3. The van der Waals surface area contributed by atoms with Gasteiger partial charge in [-0.05, 0) is 39.0 Å². The summed E-state index contributed by atoms with van der Waals surface area (Å²) in [5.74, 6) is 0.858. The first-order chi connectivity index (χ1) is 8.42. The molecular formula is C14H26N2O2. The van der Waals surface area contributed by atoms with Gasteiger partial charge in [0.2, 0.25) is 5.91 Å². The molecule has 0 aromatic carbocycles. The molecule has 1 amide bonds. The third-order valence-corrected chi connectivity index (χ3v) is 4.39. The molecule has 1 aliphatic carbocycles. The fraction of sp³-hybridized carbons (Fsp3) is 0.929. The molecule has 0 radical (unpaired) electrons.